The Morgan fingerprint density at radius 1 is 1.31 bits per heavy atom. The fourth-order valence-corrected chi connectivity index (χ4v) is 5.53. The van der Waals surface area contributed by atoms with E-state index >= 15 is 0 Å². The molecular formula is C7H14N2O5S2. The summed E-state index contributed by atoms with van der Waals surface area (Å²) in [5.74, 6) is -0.394. The number of carbonyl (C=O) groups excluding carboxylic acids is 1. The van der Waals surface area contributed by atoms with Crippen LogP contribution in [0.15, 0.2) is 0 Å². The number of sulfone groups is 1. The number of hydrogen-bond acceptors (Lipinski definition) is 5. The van der Waals surface area contributed by atoms with Gasteiger partial charge < -0.3 is 5.32 Å². The van der Waals surface area contributed by atoms with E-state index in [0.717, 1.165) is 0 Å². The molecule has 2 N–H and O–H groups in total. The van der Waals surface area contributed by atoms with E-state index in [4.69, 9.17) is 0 Å². The molecule has 1 aliphatic rings. The SMILES string of the molecule is O=CNCCNS(=O)(=O)C1CCS(=O)(=O)C1. The highest BCUT2D eigenvalue weighted by atomic mass is 32.2. The predicted octanol–water partition coefficient (Wildman–Crippen LogP) is -2.16. The molecule has 1 saturated heterocycles. The summed E-state index contributed by atoms with van der Waals surface area (Å²) < 4.78 is 47.7. The molecule has 1 amide bonds. The molecule has 7 nitrogen and oxygen atoms in total. The zero-order chi connectivity index (χ0) is 12.2. The summed E-state index contributed by atoms with van der Waals surface area (Å²) in [4.78, 5) is 9.90. The molecule has 1 unspecified atom stereocenters. The molecule has 1 rings (SSSR count). The second-order valence-corrected chi connectivity index (χ2v) is 7.81. The Bertz CT molecular complexity index is 441. The van der Waals surface area contributed by atoms with Crippen LogP contribution in [0.2, 0.25) is 0 Å². The zero-order valence-electron chi connectivity index (χ0n) is 8.55. The zero-order valence-corrected chi connectivity index (χ0v) is 10.2. The highest BCUT2D eigenvalue weighted by Gasteiger charge is 2.36. The Morgan fingerprint density at radius 3 is 2.50 bits per heavy atom. The molecule has 0 bridgehead atoms. The van der Waals surface area contributed by atoms with Gasteiger partial charge in [0.25, 0.3) is 0 Å². The van der Waals surface area contributed by atoms with Gasteiger partial charge in [0.2, 0.25) is 16.4 Å². The van der Waals surface area contributed by atoms with E-state index in [2.05, 4.69) is 10.0 Å². The lowest BCUT2D eigenvalue weighted by Gasteiger charge is -2.10. The molecule has 0 aromatic heterocycles. The summed E-state index contributed by atoms with van der Waals surface area (Å²) in [7, 11) is -6.80. The summed E-state index contributed by atoms with van der Waals surface area (Å²) in [6.45, 7) is 0.250. The maximum Gasteiger partial charge on any atom is 0.215 e. The topological polar surface area (TPSA) is 109 Å². The van der Waals surface area contributed by atoms with Crippen molar-refractivity contribution >= 4 is 26.3 Å². The highest BCUT2D eigenvalue weighted by molar-refractivity contribution is 7.95. The maximum absolute atomic E-state index is 11.6. The smallest absolute Gasteiger partial charge is 0.215 e. The van der Waals surface area contributed by atoms with E-state index in [1.54, 1.807) is 0 Å². The van der Waals surface area contributed by atoms with Crippen LogP contribution in [0.25, 0.3) is 0 Å². The van der Waals surface area contributed by atoms with Crippen molar-refractivity contribution in [1.29, 1.82) is 0 Å². The van der Waals surface area contributed by atoms with Crippen molar-refractivity contribution < 1.29 is 21.6 Å². The first-order chi connectivity index (χ1) is 7.37. The van der Waals surface area contributed by atoms with Crippen LogP contribution in [0.3, 0.4) is 0 Å². The van der Waals surface area contributed by atoms with E-state index in [9.17, 15) is 21.6 Å². The van der Waals surface area contributed by atoms with Gasteiger partial charge in [-0.2, -0.15) is 0 Å². The molecule has 0 radical (unpaired) electrons. The van der Waals surface area contributed by atoms with Gasteiger partial charge in [0.15, 0.2) is 9.84 Å². The lowest BCUT2D eigenvalue weighted by molar-refractivity contribution is -0.109. The van der Waals surface area contributed by atoms with Crippen LogP contribution in [-0.2, 0) is 24.7 Å². The molecule has 1 aliphatic heterocycles. The van der Waals surface area contributed by atoms with Gasteiger partial charge in [0, 0.05) is 13.1 Å². The van der Waals surface area contributed by atoms with Crippen molar-refractivity contribution in [3.63, 3.8) is 0 Å². The molecule has 1 atom stereocenters. The summed E-state index contributed by atoms with van der Waals surface area (Å²) in [5.41, 5.74) is 0. The third kappa shape index (κ3) is 3.72. The third-order valence-electron chi connectivity index (χ3n) is 2.29. The Balaban J connectivity index is 2.49. The second-order valence-electron chi connectivity index (χ2n) is 3.54. The Morgan fingerprint density at radius 2 is 2.00 bits per heavy atom. The molecule has 0 spiro atoms. The number of amides is 1. The summed E-state index contributed by atoms with van der Waals surface area (Å²) in [5, 5.41) is 1.44. The van der Waals surface area contributed by atoms with Gasteiger partial charge in [0.05, 0.1) is 16.8 Å². The largest absolute Gasteiger partial charge is 0.357 e. The molecule has 9 heteroatoms. The fraction of sp³-hybridized carbons (Fsp3) is 0.857. The quantitative estimate of drug-likeness (QED) is 0.422. The van der Waals surface area contributed by atoms with Gasteiger partial charge in [-0.3, -0.25) is 4.79 Å². The van der Waals surface area contributed by atoms with Crippen LogP contribution in [0.1, 0.15) is 6.42 Å². The summed E-state index contributed by atoms with van der Waals surface area (Å²) in [6.07, 6.45) is 0.604. The average molecular weight is 270 g/mol. The van der Waals surface area contributed by atoms with Gasteiger partial charge in [-0.15, -0.1) is 0 Å². The van der Waals surface area contributed by atoms with Crippen molar-refractivity contribution in [1.82, 2.24) is 10.0 Å². The number of sulfonamides is 1. The van der Waals surface area contributed by atoms with Gasteiger partial charge in [-0.1, -0.05) is 0 Å². The van der Waals surface area contributed by atoms with E-state index in [-0.39, 0.29) is 31.0 Å². The molecule has 0 aromatic rings. The Kier molecular flexibility index (Phi) is 4.28. The van der Waals surface area contributed by atoms with Crippen molar-refractivity contribution in [2.45, 2.75) is 11.7 Å². The van der Waals surface area contributed by atoms with E-state index < -0.39 is 25.1 Å². The number of hydrogen-bond donors (Lipinski definition) is 2. The molecular weight excluding hydrogens is 256 g/mol. The second kappa shape index (κ2) is 5.11. The minimum Gasteiger partial charge on any atom is -0.357 e. The molecule has 1 fully saturated rings. The third-order valence-corrected chi connectivity index (χ3v) is 6.15. The first-order valence-corrected chi connectivity index (χ1v) is 8.10. The lowest BCUT2D eigenvalue weighted by Crippen LogP contribution is -2.38. The number of rotatable bonds is 6. The monoisotopic (exact) mass is 270 g/mol. The Labute approximate surface area is 94.6 Å². The average Bonchev–Trinajstić information content (AvgIpc) is 2.54. The van der Waals surface area contributed by atoms with Crippen LogP contribution < -0.4 is 10.0 Å². The molecule has 1 heterocycles. The first kappa shape index (κ1) is 13.4. The highest BCUT2D eigenvalue weighted by Crippen LogP contribution is 2.17. The summed E-state index contributed by atoms with van der Waals surface area (Å²) >= 11 is 0. The van der Waals surface area contributed by atoms with Crippen LogP contribution in [0, 0.1) is 0 Å². The molecule has 94 valence electrons. The maximum atomic E-state index is 11.6. The van der Waals surface area contributed by atoms with Crippen LogP contribution in [-0.4, -0.2) is 53.1 Å². The molecule has 0 aromatic carbocycles. The van der Waals surface area contributed by atoms with Gasteiger partial charge in [-0.05, 0) is 6.42 Å². The first-order valence-electron chi connectivity index (χ1n) is 4.73. The van der Waals surface area contributed by atoms with Crippen molar-refractivity contribution in [3.8, 4) is 0 Å². The minimum absolute atomic E-state index is 0.0671. The normalized spacial score (nSPS) is 24.1. The standard InChI is InChI=1S/C7H14N2O5S2/c10-6-8-2-3-9-16(13,14)7-1-4-15(11,12)5-7/h6-7,9H,1-5H2,(H,8,10). The van der Waals surface area contributed by atoms with Crippen LogP contribution in [0.4, 0.5) is 0 Å². The summed E-state index contributed by atoms with van der Waals surface area (Å²) in [6, 6.07) is 0. The fourth-order valence-electron chi connectivity index (χ4n) is 1.45. The number of carbonyl (C=O) groups is 1. The van der Waals surface area contributed by atoms with Crippen LogP contribution >= 0.6 is 0 Å². The predicted molar refractivity (Wildman–Crippen MR) is 58.0 cm³/mol. The van der Waals surface area contributed by atoms with E-state index in [0.29, 0.717) is 6.41 Å². The van der Waals surface area contributed by atoms with Crippen LogP contribution in [0.5, 0.6) is 0 Å². The van der Waals surface area contributed by atoms with Crippen molar-refractivity contribution in [2.24, 2.45) is 0 Å². The van der Waals surface area contributed by atoms with Crippen molar-refractivity contribution in [3.05, 3.63) is 0 Å². The number of nitrogens with one attached hydrogen (secondary N) is 2. The Hall–Kier alpha value is -0.670. The minimum atomic E-state index is -3.60. The van der Waals surface area contributed by atoms with E-state index in [1.807, 2.05) is 0 Å². The van der Waals surface area contributed by atoms with Gasteiger partial charge >= 0.3 is 0 Å². The van der Waals surface area contributed by atoms with E-state index in [1.165, 1.54) is 0 Å². The van der Waals surface area contributed by atoms with Gasteiger partial charge in [-0.25, -0.2) is 21.6 Å². The molecule has 16 heavy (non-hydrogen) atoms. The van der Waals surface area contributed by atoms with Crippen molar-refractivity contribution in [2.75, 3.05) is 24.6 Å². The molecule has 0 aliphatic carbocycles. The molecule has 0 saturated carbocycles. The lowest BCUT2D eigenvalue weighted by atomic mass is 10.4. The van der Waals surface area contributed by atoms with Gasteiger partial charge in [0.1, 0.15) is 0 Å².